The summed E-state index contributed by atoms with van der Waals surface area (Å²) in [6.45, 7) is 3.45. The van der Waals surface area contributed by atoms with E-state index in [9.17, 15) is 19.6 Å². The van der Waals surface area contributed by atoms with E-state index in [2.05, 4.69) is 22.0 Å². The summed E-state index contributed by atoms with van der Waals surface area (Å²) in [6.07, 6.45) is -2.90. The minimum atomic E-state index is -1.01. The Hall–Kier alpha value is -2.13. The summed E-state index contributed by atoms with van der Waals surface area (Å²) >= 11 is 4.49. The normalized spacial score (nSPS) is 25.7. The largest absolute Gasteiger partial charge is 0.463 e. The average Bonchev–Trinajstić information content (AvgIpc) is 2.65. The molecule has 1 aromatic carbocycles. The Bertz CT molecular complexity index is 858. The molecule has 1 saturated heterocycles. The number of nitrogens with zero attached hydrogens (tertiary/aromatic N) is 1. The Kier molecular flexibility index (Phi) is 8.66. The number of carbonyl (C=O) groups is 3. The van der Waals surface area contributed by atoms with Crippen LogP contribution >= 0.6 is 27.7 Å². The molecule has 5 atom stereocenters. The number of hydrogen-bond acceptors (Lipinski definition) is 10. The third-order valence-electron chi connectivity index (χ3n) is 4.06. The molecule has 0 bridgehead atoms. The molecule has 0 amide bonds. The summed E-state index contributed by atoms with van der Waals surface area (Å²) in [5.41, 5.74) is 5.84. The maximum atomic E-state index is 11.7. The minimum absolute atomic E-state index is 0.214. The fourth-order valence-electron chi connectivity index (χ4n) is 2.85. The van der Waals surface area contributed by atoms with Crippen molar-refractivity contribution in [2.24, 2.45) is 5.73 Å². The molecular formula is C19H21BrN2O7S. The van der Waals surface area contributed by atoms with Gasteiger partial charge in [-0.25, -0.2) is 0 Å². The summed E-state index contributed by atoms with van der Waals surface area (Å²) in [5, 5.41) is 9.40. The van der Waals surface area contributed by atoms with Gasteiger partial charge in [0.15, 0.2) is 6.10 Å². The molecule has 1 aromatic rings. The molecule has 0 saturated carbocycles. The fourth-order valence-corrected chi connectivity index (χ4v) is 4.62. The molecule has 11 heteroatoms. The molecule has 1 aliphatic heterocycles. The van der Waals surface area contributed by atoms with E-state index in [1.165, 1.54) is 20.8 Å². The first-order valence-corrected chi connectivity index (χ1v) is 10.5. The van der Waals surface area contributed by atoms with Crippen LogP contribution in [0.25, 0.3) is 0 Å². The number of nitrogens with two attached hydrogens (primary N) is 1. The van der Waals surface area contributed by atoms with Crippen molar-refractivity contribution >= 4 is 45.6 Å². The average molecular weight is 501 g/mol. The standard InChI is InChI=1S/C19H21BrN2O7S/c1-9(23)26-8-14-17(27-10(2)24)16(22)18(28-11(3)25)19(29-14)30-15-6-13(20)5-4-12(15)7-21/h4-6,14,16-19H,8,22H2,1-3H3. The Balaban J connectivity index is 2.38. The van der Waals surface area contributed by atoms with Crippen LogP contribution in [0.15, 0.2) is 27.6 Å². The van der Waals surface area contributed by atoms with Crippen molar-refractivity contribution in [3.8, 4) is 6.07 Å². The van der Waals surface area contributed by atoms with Crippen molar-refractivity contribution in [2.45, 2.75) is 55.5 Å². The highest BCUT2D eigenvalue weighted by Gasteiger charge is 2.48. The van der Waals surface area contributed by atoms with Crippen LogP contribution < -0.4 is 5.73 Å². The van der Waals surface area contributed by atoms with E-state index in [1.807, 2.05) is 0 Å². The maximum Gasteiger partial charge on any atom is 0.303 e. The van der Waals surface area contributed by atoms with Crippen molar-refractivity contribution < 1.29 is 33.3 Å². The molecule has 30 heavy (non-hydrogen) atoms. The number of rotatable bonds is 6. The predicted molar refractivity (Wildman–Crippen MR) is 109 cm³/mol. The molecule has 0 aromatic heterocycles. The Morgan fingerprint density at radius 3 is 2.37 bits per heavy atom. The monoisotopic (exact) mass is 500 g/mol. The number of benzene rings is 1. The summed E-state index contributed by atoms with van der Waals surface area (Å²) < 4.78 is 22.4. The van der Waals surface area contributed by atoms with Gasteiger partial charge in [-0.2, -0.15) is 5.26 Å². The van der Waals surface area contributed by atoms with Gasteiger partial charge in [0, 0.05) is 30.1 Å². The quantitative estimate of drug-likeness (QED) is 0.454. The number of hydrogen-bond donors (Lipinski definition) is 1. The van der Waals surface area contributed by atoms with Crippen molar-refractivity contribution in [1.29, 1.82) is 5.26 Å². The number of ether oxygens (including phenoxy) is 4. The van der Waals surface area contributed by atoms with Crippen LogP contribution in [0.3, 0.4) is 0 Å². The zero-order valence-corrected chi connectivity index (χ0v) is 18.9. The topological polar surface area (TPSA) is 138 Å². The first-order chi connectivity index (χ1) is 14.1. The van der Waals surface area contributed by atoms with Crippen molar-refractivity contribution in [2.75, 3.05) is 6.61 Å². The second-order valence-electron chi connectivity index (χ2n) is 6.44. The van der Waals surface area contributed by atoms with Crippen LogP contribution in [-0.4, -0.2) is 54.3 Å². The van der Waals surface area contributed by atoms with E-state index in [0.29, 0.717) is 10.5 Å². The number of halogens is 1. The lowest BCUT2D eigenvalue weighted by Crippen LogP contribution is -2.63. The minimum Gasteiger partial charge on any atom is -0.463 e. The van der Waals surface area contributed by atoms with Crippen LogP contribution in [0.4, 0.5) is 0 Å². The lowest BCUT2D eigenvalue weighted by molar-refractivity contribution is -0.201. The SMILES string of the molecule is CC(=O)OCC1OC(Sc2cc(Br)ccc2C#N)C(OC(C)=O)C(N)C1OC(C)=O. The molecule has 0 aliphatic carbocycles. The lowest BCUT2D eigenvalue weighted by Gasteiger charge is -2.43. The highest BCUT2D eigenvalue weighted by molar-refractivity contribution is 9.10. The number of esters is 3. The zero-order valence-electron chi connectivity index (χ0n) is 16.5. The van der Waals surface area contributed by atoms with E-state index >= 15 is 0 Å². The molecule has 2 N–H and O–H groups in total. The third-order valence-corrected chi connectivity index (χ3v) is 5.76. The molecule has 9 nitrogen and oxygen atoms in total. The number of nitriles is 1. The van der Waals surface area contributed by atoms with Gasteiger partial charge in [-0.15, -0.1) is 0 Å². The molecule has 162 valence electrons. The van der Waals surface area contributed by atoms with Gasteiger partial charge in [0.25, 0.3) is 0 Å². The molecule has 5 unspecified atom stereocenters. The Morgan fingerprint density at radius 1 is 1.17 bits per heavy atom. The number of carbonyl (C=O) groups excluding carboxylic acids is 3. The highest BCUT2D eigenvalue weighted by atomic mass is 79.9. The maximum absolute atomic E-state index is 11.7. The van der Waals surface area contributed by atoms with Gasteiger partial charge in [-0.3, -0.25) is 14.4 Å². The van der Waals surface area contributed by atoms with Gasteiger partial charge in [-0.1, -0.05) is 27.7 Å². The first kappa shape index (κ1) is 24.1. The molecular weight excluding hydrogens is 480 g/mol. The summed E-state index contributed by atoms with van der Waals surface area (Å²) in [4.78, 5) is 35.1. The summed E-state index contributed by atoms with van der Waals surface area (Å²) in [6, 6.07) is 6.21. The molecule has 1 heterocycles. The van der Waals surface area contributed by atoms with Crippen LogP contribution in [0.2, 0.25) is 0 Å². The zero-order chi connectivity index (χ0) is 22.4. The molecule has 1 fully saturated rings. The van der Waals surface area contributed by atoms with E-state index in [-0.39, 0.29) is 6.61 Å². The first-order valence-electron chi connectivity index (χ1n) is 8.87. The van der Waals surface area contributed by atoms with E-state index in [4.69, 9.17) is 24.7 Å². The Labute approximate surface area is 186 Å². The van der Waals surface area contributed by atoms with Crippen LogP contribution in [-0.2, 0) is 33.3 Å². The van der Waals surface area contributed by atoms with Gasteiger partial charge in [0.05, 0.1) is 11.6 Å². The van der Waals surface area contributed by atoms with Crippen LogP contribution in [0.5, 0.6) is 0 Å². The van der Waals surface area contributed by atoms with Gasteiger partial charge in [0.2, 0.25) is 0 Å². The third kappa shape index (κ3) is 6.43. The second kappa shape index (κ2) is 10.8. The van der Waals surface area contributed by atoms with Crippen molar-refractivity contribution in [1.82, 2.24) is 0 Å². The second-order valence-corrected chi connectivity index (χ2v) is 8.50. The van der Waals surface area contributed by atoms with Gasteiger partial charge < -0.3 is 24.7 Å². The van der Waals surface area contributed by atoms with E-state index in [1.54, 1.807) is 18.2 Å². The predicted octanol–water partition coefficient (Wildman–Crippen LogP) is 1.89. The van der Waals surface area contributed by atoms with Crippen LogP contribution in [0.1, 0.15) is 26.3 Å². The molecule has 2 rings (SSSR count). The fraction of sp³-hybridized carbons (Fsp3) is 0.474. The number of thioether (sulfide) groups is 1. The molecule has 0 radical (unpaired) electrons. The highest BCUT2D eigenvalue weighted by Crippen LogP contribution is 2.37. The summed E-state index contributed by atoms with van der Waals surface area (Å²) in [5.74, 6) is -1.75. The molecule has 1 aliphatic rings. The smallest absolute Gasteiger partial charge is 0.303 e. The summed E-state index contributed by atoms with van der Waals surface area (Å²) in [7, 11) is 0. The van der Waals surface area contributed by atoms with Crippen LogP contribution in [0, 0.1) is 11.3 Å². The van der Waals surface area contributed by atoms with Crippen molar-refractivity contribution in [3.63, 3.8) is 0 Å². The molecule has 0 spiro atoms. The van der Waals surface area contributed by atoms with Gasteiger partial charge in [-0.05, 0) is 18.2 Å². The Morgan fingerprint density at radius 2 is 1.80 bits per heavy atom. The van der Waals surface area contributed by atoms with Gasteiger partial charge in [0.1, 0.15) is 30.3 Å². The van der Waals surface area contributed by atoms with E-state index in [0.717, 1.165) is 16.2 Å². The van der Waals surface area contributed by atoms with E-state index < -0.39 is 47.7 Å². The van der Waals surface area contributed by atoms with Gasteiger partial charge >= 0.3 is 17.9 Å². The van der Waals surface area contributed by atoms with Crippen molar-refractivity contribution in [3.05, 3.63) is 28.2 Å². The lowest BCUT2D eigenvalue weighted by atomic mass is 9.97.